The van der Waals surface area contributed by atoms with Crippen molar-refractivity contribution in [1.82, 2.24) is 0 Å². The SMILES string of the molecule is CCCC(OCC)C(N)Cc1ccc(C)cc1. The van der Waals surface area contributed by atoms with Crippen LogP contribution >= 0.6 is 0 Å². The first-order valence-electron chi connectivity index (χ1n) is 6.60. The Morgan fingerprint density at radius 1 is 1.18 bits per heavy atom. The number of aryl methyl sites for hydroxylation is 1. The number of hydrogen-bond acceptors (Lipinski definition) is 2. The van der Waals surface area contributed by atoms with Crippen molar-refractivity contribution in [1.29, 1.82) is 0 Å². The van der Waals surface area contributed by atoms with Crippen LogP contribution in [0.15, 0.2) is 24.3 Å². The van der Waals surface area contributed by atoms with Crippen LogP contribution in [0.4, 0.5) is 0 Å². The molecule has 0 aromatic heterocycles. The minimum atomic E-state index is 0.0950. The second-order valence-electron chi connectivity index (χ2n) is 4.64. The van der Waals surface area contributed by atoms with Gasteiger partial charge in [-0.25, -0.2) is 0 Å². The topological polar surface area (TPSA) is 35.2 Å². The Labute approximate surface area is 105 Å². The highest BCUT2D eigenvalue weighted by Crippen LogP contribution is 2.12. The second kappa shape index (κ2) is 7.46. The van der Waals surface area contributed by atoms with E-state index in [4.69, 9.17) is 10.5 Å². The van der Waals surface area contributed by atoms with Gasteiger partial charge >= 0.3 is 0 Å². The molecule has 17 heavy (non-hydrogen) atoms. The van der Waals surface area contributed by atoms with Crippen LogP contribution in [-0.2, 0) is 11.2 Å². The maximum atomic E-state index is 6.24. The van der Waals surface area contributed by atoms with Gasteiger partial charge in [-0.05, 0) is 32.3 Å². The van der Waals surface area contributed by atoms with Crippen molar-refractivity contribution in [2.45, 2.75) is 52.2 Å². The molecule has 96 valence electrons. The Balaban J connectivity index is 2.55. The average Bonchev–Trinajstić information content (AvgIpc) is 2.32. The summed E-state index contributed by atoms with van der Waals surface area (Å²) < 4.78 is 5.72. The van der Waals surface area contributed by atoms with Gasteiger partial charge in [0.1, 0.15) is 0 Å². The average molecular weight is 235 g/mol. The zero-order chi connectivity index (χ0) is 12.7. The lowest BCUT2D eigenvalue weighted by Gasteiger charge is -2.23. The first-order valence-corrected chi connectivity index (χ1v) is 6.60. The van der Waals surface area contributed by atoms with Gasteiger partial charge in [0.2, 0.25) is 0 Å². The molecule has 2 heteroatoms. The Bertz CT molecular complexity index is 301. The highest BCUT2D eigenvalue weighted by atomic mass is 16.5. The summed E-state index contributed by atoms with van der Waals surface area (Å²) in [7, 11) is 0. The van der Waals surface area contributed by atoms with Crippen molar-refractivity contribution < 1.29 is 4.74 Å². The standard InChI is InChI=1S/C15H25NO/c1-4-6-15(17-5-2)14(16)11-13-9-7-12(3)8-10-13/h7-10,14-15H,4-6,11,16H2,1-3H3. The predicted octanol–water partition coefficient (Wildman–Crippen LogP) is 3.07. The molecule has 0 amide bonds. The van der Waals surface area contributed by atoms with E-state index in [0.29, 0.717) is 0 Å². The van der Waals surface area contributed by atoms with Gasteiger partial charge < -0.3 is 10.5 Å². The van der Waals surface area contributed by atoms with Gasteiger partial charge in [0.25, 0.3) is 0 Å². The van der Waals surface area contributed by atoms with Crippen LogP contribution in [0.1, 0.15) is 37.8 Å². The second-order valence-corrected chi connectivity index (χ2v) is 4.64. The highest BCUT2D eigenvalue weighted by Gasteiger charge is 2.17. The first kappa shape index (κ1) is 14.2. The lowest BCUT2D eigenvalue weighted by molar-refractivity contribution is 0.0378. The molecule has 1 aromatic rings. The van der Waals surface area contributed by atoms with E-state index in [9.17, 15) is 0 Å². The fourth-order valence-electron chi connectivity index (χ4n) is 2.05. The Morgan fingerprint density at radius 3 is 2.35 bits per heavy atom. The number of rotatable bonds is 7. The highest BCUT2D eigenvalue weighted by molar-refractivity contribution is 5.22. The molecule has 0 aliphatic heterocycles. The van der Waals surface area contributed by atoms with Crippen LogP contribution in [0.5, 0.6) is 0 Å². The molecule has 0 saturated carbocycles. The van der Waals surface area contributed by atoms with Crippen LogP contribution < -0.4 is 5.73 Å². The van der Waals surface area contributed by atoms with Crippen molar-refractivity contribution in [3.05, 3.63) is 35.4 Å². The van der Waals surface area contributed by atoms with Crippen LogP contribution in [0.25, 0.3) is 0 Å². The van der Waals surface area contributed by atoms with Crippen LogP contribution in [-0.4, -0.2) is 18.8 Å². The lowest BCUT2D eigenvalue weighted by atomic mass is 9.98. The normalized spacial score (nSPS) is 14.6. The quantitative estimate of drug-likeness (QED) is 0.788. The van der Waals surface area contributed by atoms with Crippen molar-refractivity contribution in [3.63, 3.8) is 0 Å². The maximum absolute atomic E-state index is 6.24. The van der Waals surface area contributed by atoms with E-state index in [2.05, 4.69) is 38.1 Å². The number of ether oxygens (including phenoxy) is 1. The molecule has 0 fully saturated rings. The Hall–Kier alpha value is -0.860. The zero-order valence-electron chi connectivity index (χ0n) is 11.3. The molecule has 0 aliphatic rings. The van der Waals surface area contributed by atoms with Gasteiger partial charge in [0.05, 0.1) is 6.10 Å². The number of nitrogens with two attached hydrogens (primary N) is 1. The molecule has 2 nitrogen and oxygen atoms in total. The van der Waals surface area contributed by atoms with E-state index >= 15 is 0 Å². The fraction of sp³-hybridized carbons (Fsp3) is 0.600. The zero-order valence-corrected chi connectivity index (χ0v) is 11.3. The smallest absolute Gasteiger partial charge is 0.0728 e. The van der Waals surface area contributed by atoms with E-state index in [0.717, 1.165) is 25.9 Å². The Kier molecular flexibility index (Phi) is 6.23. The van der Waals surface area contributed by atoms with Crippen LogP contribution in [0.3, 0.4) is 0 Å². The molecule has 2 unspecified atom stereocenters. The van der Waals surface area contributed by atoms with E-state index < -0.39 is 0 Å². The van der Waals surface area contributed by atoms with Gasteiger partial charge in [-0.15, -0.1) is 0 Å². The first-order chi connectivity index (χ1) is 8.17. The molecule has 0 bridgehead atoms. The summed E-state index contributed by atoms with van der Waals surface area (Å²) in [6, 6.07) is 8.68. The molecule has 2 N–H and O–H groups in total. The monoisotopic (exact) mass is 235 g/mol. The summed E-state index contributed by atoms with van der Waals surface area (Å²) in [5, 5.41) is 0. The summed E-state index contributed by atoms with van der Waals surface area (Å²) in [6.45, 7) is 7.04. The largest absolute Gasteiger partial charge is 0.377 e. The van der Waals surface area contributed by atoms with Gasteiger partial charge in [-0.2, -0.15) is 0 Å². The lowest BCUT2D eigenvalue weighted by Crippen LogP contribution is -2.38. The van der Waals surface area contributed by atoms with Gasteiger partial charge in [0.15, 0.2) is 0 Å². The molecule has 1 rings (SSSR count). The van der Waals surface area contributed by atoms with E-state index in [1.54, 1.807) is 0 Å². The molecule has 0 saturated heterocycles. The van der Waals surface area contributed by atoms with Crippen LogP contribution in [0, 0.1) is 6.92 Å². The van der Waals surface area contributed by atoms with Gasteiger partial charge in [0, 0.05) is 12.6 Å². The molecule has 2 atom stereocenters. The summed E-state index contributed by atoms with van der Waals surface area (Å²) >= 11 is 0. The minimum Gasteiger partial charge on any atom is -0.377 e. The molecule has 0 radical (unpaired) electrons. The summed E-state index contributed by atoms with van der Waals surface area (Å²) in [4.78, 5) is 0. The molecule has 0 aliphatic carbocycles. The molecular formula is C15H25NO. The third kappa shape index (κ3) is 4.88. The van der Waals surface area contributed by atoms with E-state index in [-0.39, 0.29) is 12.1 Å². The van der Waals surface area contributed by atoms with Crippen molar-refractivity contribution in [3.8, 4) is 0 Å². The van der Waals surface area contributed by atoms with Crippen molar-refractivity contribution in [2.75, 3.05) is 6.61 Å². The number of benzene rings is 1. The third-order valence-corrected chi connectivity index (χ3v) is 3.02. The van der Waals surface area contributed by atoms with Crippen LogP contribution in [0.2, 0.25) is 0 Å². The van der Waals surface area contributed by atoms with E-state index in [1.807, 2.05) is 6.92 Å². The maximum Gasteiger partial charge on any atom is 0.0728 e. The molecule has 0 heterocycles. The molecule has 0 spiro atoms. The van der Waals surface area contributed by atoms with Gasteiger partial charge in [-0.3, -0.25) is 0 Å². The van der Waals surface area contributed by atoms with Gasteiger partial charge in [-0.1, -0.05) is 43.2 Å². The summed E-state index contributed by atoms with van der Waals surface area (Å²) in [6.07, 6.45) is 3.24. The summed E-state index contributed by atoms with van der Waals surface area (Å²) in [5.74, 6) is 0. The van der Waals surface area contributed by atoms with Crippen molar-refractivity contribution in [2.24, 2.45) is 5.73 Å². The van der Waals surface area contributed by atoms with Crippen molar-refractivity contribution >= 4 is 0 Å². The molecular weight excluding hydrogens is 210 g/mol. The Morgan fingerprint density at radius 2 is 1.82 bits per heavy atom. The predicted molar refractivity (Wildman–Crippen MR) is 73.2 cm³/mol. The summed E-state index contributed by atoms with van der Waals surface area (Å²) in [5.41, 5.74) is 8.82. The number of hydrogen-bond donors (Lipinski definition) is 1. The molecule has 1 aromatic carbocycles. The minimum absolute atomic E-state index is 0.0950. The fourth-order valence-corrected chi connectivity index (χ4v) is 2.05. The third-order valence-electron chi connectivity index (χ3n) is 3.02. The van der Waals surface area contributed by atoms with E-state index in [1.165, 1.54) is 11.1 Å².